The third-order valence-electron chi connectivity index (χ3n) is 8.71. The Morgan fingerprint density at radius 1 is 1.27 bits per heavy atom. The van der Waals surface area contributed by atoms with Crippen molar-refractivity contribution in [2.24, 2.45) is 28.6 Å². The van der Waals surface area contributed by atoms with Crippen LogP contribution < -0.4 is 0 Å². The molecule has 0 heterocycles. The first kappa shape index (κ1) is 21.9. The van der Waals surface area contributed by atoms with E-state index < -0.39 is 34.9 Å². The largest absolute Gasteiger partial charge is 0.389 e. The van der Waals surface area contributed by atoms with E-state index in [1.54, 1.807) is 6.92 Å². The zero-order chi connectivity index (χ0) is 21.9. The fourth-order valence-corrected chi connectivity index (χ4v) is 7.01. The Bertz CT molecular complexity index is 787. The standard InChI is InChI=1S/C23H32O7/c1-5-23(27)20(26)19(25)18-17-15(7-9-22(18,23)3)21(2)8-6-14(30-29-12-28-4)10-13(21)11-16(17)24/h1,11,14-19,24-25,27H,6-10,12H2,2-4H3/t14-,15?,16+,17?,18?,19-,21+,22+,23+/m1/s1. The van der Waals surface area contributed by atoms with Crippen LogP contribution in [0, 0.1) is 40.9 Å². The predicted octanol–water partition coefficient (Wildman–Crippen LogP) is 1.35. The first-order valence-corrected chi connectivity index (χ1v) is 10.7. The van der Waals surface area contributed by atoms with E-state index >= 15 is 0 Å². The van der Waals surface area contributed by atoms with E-state index in [0.717, 1.165) is 24.8 Å². The van der Waals surface area contributed by atoms with Crippen molar-refractivity contribution in [1.29, 1.82) is 0 Å². The van der Waals surface area contributed by atoms with Crippen molar-refractivity contribution in [1.82, 2.24) is 0 Å². The molecule has 0 aromatic heterocycles. The number of ketones is 1. The van der Waals surface area contributed by atoms with Crippen LogP contribution in [0.4, 0.5) is 0 Å². The van der Waals surface area contributed by atoms with Crippen molar-refractivity contribution in [2.45, 2.75) is 69.9 Å². The molecule has 3 fully saturated rings. The van der Waals surface area contributed by atoms with Gasteiger partial charge in [-0.3, -0.25) is 4.79 Å². The van der Waals surface area contributed by atoms with Crippen molar-refractivity contribution in [3.05, 3.63) is 11.6 Å². The minimum absolute atomic E-state index is 0.0599. The second-order valence-electron chi connectivity index (χ2n) is 9.91. The first-order chi connectivity index (χ1) is 14.1. The van der Waals surface area contributed by atoms with Crippen LogP contribution in [-0.2, 0) is 19.3 Å². The third kappa shape index (κ3) is 2.78. The predicted molar refractivity (Wildman–Crippen MR) is 106 cm³/mol. The summed E-state index contributed by atoms with van der Waals surface area (Å²) < 4.78 is 4.85. The lowest BCUT2D eigenvalue weighted by atomic mass is 9.46. The van der Waals surface area contributed by atoms with Crippen LogP contribution in [0.2, 0.25) is 0 Å². The van der Waals surface area contributed by atoms with Gasteiger partial charge in [-0.05, 0) is 49.4 Å². The smallest absolute Gasteiger partial charge is 0.206 e. The van der Waals surface area contributed by atoms with Gasteiger partial charge in [0.1, 0.15) is 6.10 Å². The molecule has 9 atom stereocenters. The Labute approximate surface area is 177 Å². The van der Waals surface area contributed by atoms with Gasteiger partial charge in [-0.25, -0.2) is 9.78 Å². The Hall–Kier alpha value is -1.27. The number of rotatable bonds is 4. The SMILES string of the molecule is C#C[C@]1(O)C(=O)[C@H](O)C2C3C(CC[C@@]21C)[C@@]1(C)CC[C@@H](OOCOC)CC1=C[C@@H]3O. The van der Waals surface area contributed by atoms with Crippen molar-refractivity contribution in [2.75, 3.05) is 13.9 Å². The number of aliphatic hydroxyl groups excluding tert-OH is 2. The number of carbonyl (C=O) groups excluding carboxylic acids is 1. The van der Waals surface area contributed by atoms with Crippen molar-refractivity contribution >= 4 is 5.78 Å². The van der Waals surface area contributed by atoms with Crippen LogP contribution >= 0.6 is 0 Å². The van der Waals surface area contributed by atoms with E-state index in [0.29, 0.717) is 12.8 Å². The molecule has 3 saturated carbocycles. The van der Waals surface area contributed by atoms with Gasteiger partial charge in [-0.2, -0.15) is 0 Å². The molecule has 0 saturated heterocycles. The average Bonchev–Trinajstić information content (AvgIpc) is 2.87. The zero-order valence-corrected chi connectivity index (χ0v) is 17.8. The molecule has 0 bridgehead atoms. The third-order valence-corrected chi connectivity index (χ3v) is 8.71. The summed E-state index contributed by atoms with van der Waals surface area (Å²) in [7, 11) is 1.53. The van der Waals surface area contributed by atoms with Gasteiger partial charge in [0.25, 0.3) is 0 Å². The number of hydrogen-bond donors (Lipinski definition) is 3. The monoisotopic (exact) mass is 420 g/mol. The molecule has 0 spiro atoms. The number of carbonyl (C=O) groups is 1. The molecular formula is C23H32O7. The molecule has 4 aliphatic rings. The highest BCUT2D eigenvalue weighted by Gasteiger charge is 2.72. The summed E-state index contributed by atoms with van der Waals surface area (Å²) in [6.07, 6.45) is 8.66. The molecule has 0 aliphatic heterocycles. The van der Waals surface area contributed by atoms with Gasteiger partial charge in [-0.15, -0.1) is 6.42 Å². The number of aliphatic hydroxyl groups is 3. The lowest BCUT2D eigenvalue weighted by Crippen LogP contribution is -2.58. The van der Waals surface area contributed by atoms with Gasteiger partial charge in [0.15, 0.2) is 12.4 Å². The number of fused-ring (bicyclic) bond motifs is 5. The van der Waals surface area contributed by atoms with Gasteiger partial charge in [-0.1, -0.05) is 31.4 Å². The quantitative estimate of drug-likeness (QED) is 0.157. The Kier molecular flexibility index (Phi) is 5.42. The second kappa shape index (κ2) is 7.40. The maximum atomic E-state index is 12.8. The van der Waals surface area contributed by atoms with Crippen molar-refractivity contribution in [3.63, 3.8) is 0 Å². The van der Waals surface area contributed by atoms with Crippen molar-refractivity contribution in [3.8, 4) is 12.3 Å². The highest BCUT2D eigenvalue weighted by atomic mass is 17.2. The van der Waals surface area contributed by atoms with E-state index in [-0.39, 0.29) is 30.1 Å². The van der Waals surface area contributed by atoms with Gasteiger partial charge in [0.2, 0.25) is 5.78 Å². The lowest BCUT2D eigenvalue weighted by Gasteiger charge is -2.59. The highest BCUT2D eigenvalue weighted by molar-refractivity contribution is 5.98. The van der Waals surface area contributed by atoms with Crippen LogP contribution in [0.1, 0.15) is 46.0 Å². The molecule has 3 unspecified atom stereocenters. The summed E-state index contributed by atoms with van der Waals surface area (Å²) >= 11 is 0. The maximum absolute atomic E-state index is 12.8. The molecule has 0 radical (unpaired) electrons. The topological polar surface area (TPSA) is 105 Å². The minimum Gasteiger partial charge on any atom is -0.389 e. The Balaban J connectivity index is 1.66. The van der Waals surface area contributed by atoms with Gasteiger partial charge in [0.05, 0.1) is 12.2 Å². The summed E-state index contributed by atoms with van der Waals surface area (Å²) in [5.41, 5.74) is -2.01. The molecule has 166 valence electrons. The van der Waals surface area contributed by atoms with Crippen LogP contribution in [-0.4, -0.2) is 58.9 Å². The number of hydrogen-bond acceptors (Lipinski definition) is 7. The molecule has 0 aromatic rings. The van der Waals surface area contributed by atoms with E-state index in [2.05, 4.69) is 12.8 Å². The molecule has 4 rings (SSSR count). The number of ether oxygens (including phenoxy) is 1. The summed E-state index contributed by atoms with van der Waals surface area (Å²) in [5, 5.41) is 33.0. The summed E-state index contributed by atoms with van der Waals surface area (Å²) in [6.45, 7) is 4.05. The number of methoxy groups -OCH3 is 1. The molecule has 0 aromatic carbocycles. The molecule has 7 nitrogen and oxygen atoms in total. The minimum atomic E-state index is -2.00. The first-order valence-electron chi connectivity index (χ1n) is 10.7. The molecule has 7 heteroatoms. The van der Waals surface area contributed by atoms with Gasteiger partial charge >= 0.3 is 0 Å². The average molecular weight is 421 g/mol. The molecule has 3 N–H and O–H groups in total. The zero-order valence-electron chi connectivity index (χ0n) is 17.8. The highest BCUT2D eigenvalue weighted by Crippen LogP contribution is 2.66. The van der Waals surface area contributed by atoms with Crippen molar-refractivity contribution < 1.29 is 34.6 Å². The summed E-state index contributed by atoms with van der Waals surface area (Å²) in [6, 6.07) is 0. The second-order valence-corrected chi connectivity index (χ2v) is 9.91. The fraction of sp³-hybridized carbons (Fsp3) is 0.783. The van der Waals surface area contributed by atoms with Crippen LogP contribution in [0.5, 0.6) is 0 Å². The number of Topliss-reactive ketones (excluding diaryl/α,β-unsaturated/α-hetero) is 1. The van der Waals surface area contributed by atoms with Gasteiger partial charge < -0.3 is 20.1 Å². The lowest BCUT2D eigenvalue weighted by molar-refractivity contribution is -0.360. The fourth-order valence-electron chi connectivity index (χ4n) is 7.01. The van der Waals surface area contributed by atoms with Crippen LogP contribution in [0.3, 0.4) is 0 Å². The molecular weight excluding hydrogens is 388 g/mol. The van der Waals surface area contributed by atoms with Crippen LogP contribution in [0.15, 0.2) is 11.6 Å². The number of terminal acetylenes is 1. The maximum Gasteiger partial charge on any atom is 0.206 e. The molecule has 0 amide bonds. The van der Waals surface area contributed by atoms with Crippen LogP contribution in [0.25, 0.3) is 0 Å². The summed E-state index contributed by atoms with van der Waals surface area (Å²) in [4.78, 5) is 23.3. The molecule has 30 heavy (non-hydrogen) atoms. The van der Waals surface area contributed by atoms with E-state index in [4.69, 9.17) is 20.9 Å². The normalized spacial score (nSPS) is 50.2. The Morgan fingerprint density at radius 3 is 2.67 bits per heavy atom. The summed E-state index contributed by atoms with van der Waals surface area (Å²) in [5.74, 6) is 0.706. The van der Waals surface area contributed by atoms with E-state index in [1.165, 1.54) is 7.11 Å². The van der Waals surface area contributed by atoms with Gasteiger partial charge in [0, 0.05) is 18.4 Å². The Morgan fingerprint density at radius 2 is 2.00 bits per heavy atom. The van der Waals surface area contributed by atoms with E-state index in [1.807, 2.05) is 6.08 Å². The molecule has 4 aliphatic carbocycles. The van der Waals surface area contributed by atoms with E-state index in [9.17, 15) is 20.1 Å².